The Morgan fingerprint density at radius 3 is 3.00 bits per heavy atom. The zero-order valence-corrected chi connectivity index (χ0v) is 12.2. The number of hydrogen-bond donors (Lipinski definition) is 3. The highest BCUT2D eigenvalue weighted by molar-refractivity contribution is 7.81. The largest absolute Gasteiger partial charge is 0.389 e. The molecule has 0 aromatic carbocycles. The van der Waals surface area contributed by atoms with Crippen LogP contribution in [0.4, 0.5) is 10.2 Å². The molecule has 3 heterocycles. The van der Waals surface area contributed by atoms with Crippen LogP contribution in [-0.4, -0.2) is 42.1 Å². The van der Waals surface area contributed by atoms with E-state index in [1.165, 1.54) is 10.9 Å². The Morgan fingerprint density at radius 2 is 2.29 bits per heavy atom. The highest BCUT2D eigenvalue weighted by atomic mass is 32.1. The second-order valence-electron chi connectivity index (χ2n) is 5.04. The Labute approximate surface area is 125 Å². The van der Waals surface area contributed by atoms with Gasteiger partial charge in [0.1, 0.15) is 0 Å². The smallest absolute Gasteiger partial charge is 0.312 e. The molecule has 3 N–H and O–H groups in total. The number of nitrogen functional groups attached to an aromatic ring is 1. The van der Waals surface area contributed by atoms with E-state index in [1.54, 1.807) is 0 Å². The summed E-state index contributed by atoms with van der Waals surface area (Å²) in [6.07, 6.45) is 0.503. The molecular weight excluding hydrogens is 297 g/mol. The van der Waals surface area contributed by atoms with Crippen LogP contribution in [0.25, 0.3) is 11.2 Å². The van der Waals surface area contributed by atoms with E-state index in [0.717, 1.165) is 6.42 Å². The number of imidazole rings is 1. The molecule has 0 spiro atoms. The minimum absolute atomic E-state index is 0.0318. The Balaban J connectivity index is 2.01. The number of aliphatic hydroxyl groups is 1. The predicted octanol–water partition coefficient (Wildman–Crippen LogP) is 0.904. The maximum Gasteiger partial charge on any atom is 0.312 e. The van der Waals surface area contributed by atoms with Crippen LogP contribution in [0, 0.1) is 6.08 Å². The Bertz CT molecular complexity index is 666. The summed E-state index contributed by atoms with van der Waals surface area (Å²) in [5.74, 6) is -0.0318. The summed E-state index contributed by atoms with van der Waals surface area (Å²) in [4.78, 5) is 11.2. The van der Waals surface area contributed by atoms with Gasteiger partial charge in [-0.05, 0) is 6.42 Å². The van der Waals surface area contributed by atoms with E-state index in [2.05, 4.69) is 27.6 Å². The van der Waals surface area contributed by atoms with E-state index in [9.17, 15) is 9.50 Å². The number of aliphatic hydroxyl groups excluding tert-OH is 1. The maximum absolute atomic E-state index is 13.4. The Morgan fingerprint density at radius 1 is 1.52 bits per heavy atom. The summed E-state index contributed by atoms with van der Waals surface area (Å²) in [7, 11) is 0. The molecule has 0 amide bonds. The molecule has 0 radical (unpaired) electrons. The van der Waals surface area contributed by atoms with Gasteiger partial charge in [0.05, 0.1) is 23.8 Å². The number of hydrogen-bond acceptors (Lipinski definition) is 7. The van der Waals surface area contributed by atoms with Gasteiger partial charge in [-0.1, -0.05) is 13.3 Å². The average Bonchev–Trinajstić information content (AvgIpc) is 2.96. The molecule has 1 fully saturated rings. The van der Waals surface area contributed by atoms with Crippen molar-refractivity contribution in [1.29, 1.82) is 0 Å². The fourth-order valence-electron chi connectivity index (χ4n) is 2.58. The van der Waals surface area contributed by atoms with Crippen molar-refractivity contribution in [3.63, 3.8) is 0 Å². The lowest BCUT2D eigenvalue weighted by Gasteiger charge is -2.16. The maximum atomic E-state index is 13.4. The second-order valence-corrected chi connectivity index (χ2v) is 5.63. The van der Waals surface area contributed by atoms with Crippen molar-refractivity contribution >= 4 is 29.6 Å². The summed E-state index contributed by atoms with van der Waals surface area (Å²) in [5, 5.41) is 9.71. The molecule has 9 heteroatoms. The SMILES string of the molecule is CCC[C@H]1O[C@@H](n2cnc3c(N)nc(F)nc32)[C@H](S)[C@@H]1O. The molecule has 1 saturated heterocycles. The number of halogens is 1. The van der Waals surface area contributed by atoms with Gasteiger partial charge in [0.2, 0.25) is 0 Å². The van der Waals surface area contributed by atoms with E-state index in [0.29, 0.717) is 11.9 Å². The highest BCUT2D eigenvalue weighted by Gasteiger charge is 2.42. The van der Waals surface area contributed by atoms with Crippen molar-refractivity contribution in [2.75, 3.05) is 5.73 Å². The highest BCUT2D eigenvalue weighted by Crippen LogP contribution is 2.36. The first kappa shape index (κ1) is 14.5. The number of aromatic nitrogens is 4. The van der Waals surface area contributed by atoms with E-state index in [4.69, 9.17) is 10.5 Å². The van der Waals surface area contributed by atoms with Crippen LogP contribution in [0.3, 0.4) is 0 Å². The molecule has 7 nitrogen and oxygen atoms in total. The van der Waals surface area contributed by atoms with Crippen molar-refractivity contribution in [3.8, 4) is 0 Å². The molecule has 1 aliphatic rings. The molecule has 4 atom stereocenters. The summed E-state index contributed by atoms with van der Waals surface area (Å²) in [5.41, 5.74) is 6.16. The number of thiol groups is 1. The van der Waals surface area contributed by atoms with Crippen LogP contribution in [-0.2, 0) is 4.74 Å². The fraction of sp³-hybridized carbons (Fsp3) is 0.583. The molecule has 0 unspecified atom stereocenters. The third-order valence-electron chi connectivity index (χ3n) is 3.61. The van der Waals surface area contributed by atoms with Crippen LogP contribution >= 0.6 is 12.6 Å². The van der Waals surface area contributed by atoms with E-state index in [-0.39, 0.29) is 17.6 Å². The lowest BCUT2D eigenvalue weighted by Crippen LogP contribution is -2.27. The van der Waals surface area contributed by atoms with E-state index < -0.39 is 23.7 Å². The van der Waals surface area contributed by atoms with Gasteiger partial charge in [0.25, 0.3) is 0 Å². The molecule has 1 aliphatic heterocycles. The van der Waals surface area contributed by atoms with Crippen molar-refractivity contribution < 1.29 is 14.2 Å². The molecule has 114 valence electrons. The quantitative estimate of drug-likeness (QED) is 0.575. The number of ether oxygens (including phenoxy) is 1. The van der Waals surface area contributed by atoms with Gasteiger partial charge in [0.15, 0.2) is 23.2 Å². The van der Waals surface area contributed by atoms with Crippen molar-refractivity contribution in [2.45, 2.75) is 43.5 Å². The summed E-state index contributed by atoms with van der Waals surface area (Å²) >= 11 is 4.41. The number of rotatable bonds is 3. The third-order valence-corrected chi connectivity index (χ3v) is 4.17. The van der Waals surface area contributed by atoms with Gasteiger partial charge in [-0.25, -0.2) is 4.98 Å². The normalized spacial score (nSPS) is 29.3. The van der Waals surface area contributed by atoms with Crippen LogP contribution in [0.1, 0.15) is 26.0 Å². The van der Waals surface area contributed by atoms with Gasteiger partial charge in [-0.2, -0.15) is 27.0 Å². The molecule has 21 heavy (non-hydrogen) atoms. The van der Waals surface area contributed by atoms with Crippen LogP contribution in [0.15, 0.2) is 6.33 Å². The molecule has 2 aromatic rings. The van der Waals surface area contributed by atoms with Crippen LogP contribution in [0.2, 0.25) is 0 Å². The number of anilines is 1. The summed E-state index contributed by atoms with van der Waals surface area (Å²) in [6.45, 7) is 2.01. The minimum atomic E-state index is -0.930. The molecular formula is C12H16FN5O2S. The molecule has 0 aliphatic carbocycles. The summed E-state index contributed by atoms with van der Waals surface area (Å²) < 4.78 is 20.7. The van der Waals surface area contributed by atoms with Gasteiger partial charge < -0.3 is 15.6 Å². The third kappa shape index (κ3) is 2.34. The van der Waals surface area contributed by atoms with Crippen LogP contribution in [0.5, 0.6) is 0 Å². The Hall–Kier alpha value is -1.45. The monoisotopic (exact) mass is 313 g/mol. The lowest BCUT2D eigenvalue weighted by atomic mass is 10.1. The molecule has 0 saturated carbocycles. The van der Waals surface area contributed by atoms with Gasteiger partial charge >= 0.3 is 6.08 Å². The standard InChI is InChI=1S/C12H16FN5O2S/c1-2-3-5-7(19)8(21)11(20-5)18-4-15-6-9(14)16-12(13)17-10(6)18/h4-5,7-8,11,19,21H,2-3H2,1H3,(H2,14,16,17)/t5-,7-,8-,11-/m1/s1. The lowest BCUT2D eigenvalue weighted by molar-refractivity contribution is -0.0208. The molecule has 3 rings (SSSR count). The summed E-state index contributed by atoms with van der Waals surface area (Å²) in [6, 6.07) is 0. The van der Waals surface area contributed by atoms with Crippen molar-refractivity contribution in [3.05, 3.63) is 12.4 Å². The topological polar surface area (TPSA) is 99.1 Å². The van der Waals surface area contributed by atoms with Crippen molar-refractivity contribution in [1.82, 2.24) is 19.5 Å². The van der Waals surface area contributed by atoms with Crippen LogP contribution < -0.4 is 5.73 Å². The number of nitrogens with two attached hydrogens (primary N) is 1. The van der Waals surface area contributed by atoms with Gasteiger partial charge in [-0.3, -0.25) is 4.57 Å². The zero-order chi connectivity index (χ0) is 15.1. The Kier molecular flexibility index (Phi) is 3.72. The first-order chi connectivity index (χ1) is 10.0. The van der Waals surface area contributed by atoms with E-state index in [1.807, 2.05) is 6.92 Å². The average molecular weight is 313 g/mol. The number of fused-ring (bicyclic) bond motifs is 1. The first-order valence-electron chi connectivity index (χ1n) is 6.70. The zero-order valence-electron chi connectivity index (χ0n) is 11.3. The molecule has 0 bridgehead atoms. The second kappa shape index (κ2) is 5.39. The first-order valence-corrected chi connectivity index (χ1v) is 7.21. The van der Waals surface area contributed by atoms with Crippen molar-refractivity contribution in [2.24, 2.45) is 0 Å². The number of nitrogens with zero attached hydrogens (tertiary/aromatic N) is 4. The van der Waals surface area contributed by atoms with Gasteiger partial charge in [0, 0.05) is 0 Å². The van der Waals surface area contributed by atoms with E-state index >= 15 is 0 Å². The fourth-order valence-corrected chi connectivity index (χ4v) is 2.98. The van der Waals surface area contributed by atoms with Gasteiger partial charge in [-0.15, -0.1) is 0 Å². The minimum Gasteiger partial charge on any atom is -0.389 e. The predicted molar refractivity (Wildman–Crippen MR) is 77.3 cm³/mol. The molecule has 2 aromatic heterocycles.